The first-order valence-corrected chi connectivity index (χ1v) is 6.42. The van der Waals surface area contributed by atoms with Gasteiger partial charge in [-0.05, 0) is 41.1 Å². The predicted molar refractivity (Wildman–Crippen MR) is 68.9 cm³/mol. The SMILES string of the molecule is Cc1nc(C(=O)Nc2ccc(F)cc2Br)cs1. The van der Waals surface area contributed by atoms with Crippen LogP contribution in [0.3, 0.4) is 0 Å². The van der Waals surface area contributed by atoms with E-state index >= 15 is 0 Å². The van der Waals surface area contributed by atoms with Gasteiger partial charge in [-0.25, -0.2) is 9.37 Å². The zero-order valence-electron chi connectivity index (χ0n) is 8.83. The molecule has 1 aromatic carbocycles. The highest BCUT2D eigenvalue weighted by atomic mass is 79.9. The number of amides is 1. The topological polar surface area (TPSA) is 42.0 Å². The number of nitrogens with one attached hydrogen (secondary N) is 1. The van der Waals surface area contributed by atoms with Crippen molar-refractivity contribution in [2.75, 3.05) is 5.32 Å². The first kappa shape index (κ1) is 12.2. The van der Waals surface area contributed by atoms with Gasteiger partial charge >= 0.3 is 0 Å². The highest BCUT2D eigenvalue weighted by Crippen LogP contribution is 2.23. The molecule has 3 nitrogen and oxygen atoms in total. The van der Waals surface area contributed by atoms with Gasteiger partial charge in [-0.2, -0.15) is 0 Å². The van der Waals surface area contributed by atoms with Gasteiger partial charge in [0, 0.05) is 9.85 Å². The number of benzene rings is 1. The normalized spacial score (nSPS) is 10.3. The molecule has 17 heavy (non-hydrogen) atoms. The van der Waals surface area contributed by atoms with Crippen LogP contribution < -0.4 is 5.32 Å². The molecule has 0 fully saturated rings. The van der Waals surface area contributed by atoms with Gasteiger partial charge < -0.3 is 5.32 Å². The molecule has 0 bridgehead atoms. The van der Waals surface area contributed by atoms with E-state index in [1.165, 1.54) is 29.5 Å². The molecule has 0 saturated heterocycles. The number of hydrogen-bond acceptors (Lipinski definition) is 3. The summed E-state index contributed by atoms with van der Waals surface area (Å²) in [4.78, 5) is 15.9. The number of carbonyl (C=O) groups excluding carboxylic acids is 1. The van der Waals surface area contributed by atoms with Crippen molar-refractivity contribution in [2.24, 2.45) is 0 Å². The minimum Gasteiger partial charge on any atom is -0.320 e. The Kier molecular flexibility index (Phi) is 3.54. The van der Waals surface area contributed by atoms with Crippen LogP contribution in [0.25, 0.3) is 0 Å². The number of rotatable bonds is 2. The minimum absolute atomic E-state index is 0.304. The lowest BCUT2D eigenvalue weighted by Crippen LogP contribution is -2.12. The van der Waals surface area contributed by atoms with Crippen LogP contribution in [-0.2, 0) is 0 Å². The molecule has 0 aliphatic heterocycles. The van der Waals surface area contributed by atoms with E-state index < -0.39 is 0 Å². The molecule has 6 heteroatoms. The van der Waals surface area contributed by atoms with E-state index in [9.17, 15) is 9.18 Å². The first-order valence-electron chi connectivity index (χ1n) is 4.75. The number of halogens is 2. The molecule has 0 aliphatic rings. The lowest BCUT2D eigenvalue weighted by Gasteiger charge is -2.05. The molecule has 0 aliphatic carbocycles. The standard InChI is InChI=1S/C11H8BrFN2OS/c1-6-14-10(5-17-6)11(16)15-9-3-2-7(13)4-8(9)12/h2-5H,1H3,(H,15,16). The Hall–Kier alpha value is -1.27. The highest BCUT2D eigenvalue weighted by Gasteiger charge is 2.11. The van der Waals surface area contributed by atoms with Gasteiger partial charge in [-0.1, -0.05) is 0 Å². The van der Waals surface area contributed by atoms with Crippen molar-refractivity contribution < 1.29 is 9.18 Å². The van der Waals surface area contributed by atoms with E-state index in [0.29, 0.717) is 15.9 Å². The van der Waals surface area contributed by atoms with Crippen LogP contribution >= 0.6 is 27.3 Å². The van der Waals surface area contributed by atoms with Gasteiger partial charge in [0.15, 0.2) is 0 Å². The Bertz CT molecular complexity index is 570. The summed E-state index contributed by atoms with van der Waals surface area (Å²) in [6.45, 7) is 1.83. The molecule has 0 saturated carbocycles. The Balaban J connectivity index is 2.18. The fraction of sp³-hybridized carbons (Fsp3) is 0.0909. The van der Waals surface area contributed by atoms with Gasteiger partial charge in [0.2, 0.25) is 0 Å². The zero-order chi connectivity index (χ0) is 12.4. The fourth-order valence-electron chi connectivity index (χ4n) is 1.24. The molecule has 1 amide bonds. The second-order valence-corrected chi connectivity index (χ2v) is 5.25. The molecule has 0 spiro atoms. The Morgan fingerprint density at radius 3 is 2.88 bits per heavy atom. The highest BCUT2D eigenvalue weighted by molar-refractivity contribution is 9.10. The summed E-state index contributed by atoms with van der Waals surface area (Å²) < 4.78 is 13.4. The molecule has 1 N–H and O–H groups in total. The van der Waals surface area contributed by atoms with Gasteiger partial charge in [-0.3, -0.25) is 4.79 Å². The van der Waals surface area contributed by atoms with Gasteiger partial charge in [0.25, 0.3) is 5.91 Å². The van der Waals surface area contributed by atoms with E-state index in [4.69, 9.17) is 0 Å². The summed E-state index contributed by atoms with van der Waals surface area (Å²) in [5.41, 5.74) is 0.880. The summed E-state index contributed by atoms with van der Waals surface area (Å²) in [5, 5.41) is 5.17. The van der Waals surface area contributed by atoms with Crippen molar-refractivity contribution in [3.05, 3.63) is 44.6 Å². The van der Waals surface area contributed by atoms with E-state index in [1.54, 1.807) is 5.38 Å². The average molecular weight is 315 g/mol. The van der Waals surface area contributed by atoms with Crippen LogP contribution in [0, 0.1) is 12.7 Å². The van der Waals surface area contributed by atoms with Crippen LogP contribution in [0.5, 0.6) is 0 Å². The van der Waals surface area contributed by atoms with Crippen LogP contribution in [0.1, 0.15) is 15.5 Å². The molecule has 0 radical (unpaired) electrons. The largest absolute Gasteiger partial charge is 0.320 e. The maximum atomic E-state index is 12.9. The number of carbonyl (C=O) groups is 1. The number of anilines is 1. The van der Waals surface area contributed by atoms with Crippen molar-refractivity contribution >= 4 is 38.9 Å². The van der Waals surface area contributed by atoms with Crippen molar-refractivity contribution in [1.82, 2.24) is 4.98 Å². The van der Waals surface area contributed by atoms with Crippen molar-refractivity contribution in [2.45, 2.75) is 6.92 Å². The quantitative estimate of drug-likeness (QED) is 0.920. The summed E-state index contributed by atoms with van der Waals surface area (Å²) in [6, 6.07) is 4.07. The molecule has 1 heterocycles. The first-order chi connectivity index (χ1) is 8.06. The molecule has 2 rings (SSSR count). The number of thiazole rings is 1. The summed E-state index contributed by atoms with van der Waals surface area (Å²) in [6.07, 6.45) is 0. The lowest BCUT2D eigenvalue weighted by atomic mass is 10.3. The number of aromatic nitrogens is 1. The van der Waals surface area contributed by atoms with Crippen LogP contribution in [0.15, 0.2) is 28.1 Å². The molecule has 2 aromatic rings. The number of nitrogens with zero attached hydrogens (tertiary/aromatic N) is 1. The van der Waals surface area contributed by atoms with Crippen molar-refractivity contribution in [3.8, 4) is 0 Å². The summed E-state index contributed by atoms with van der Waals surface area (Å²) in [5.74, 6) is -0.666. The third-order valence-electron chi connectivity index (χ3n) is 2.03. The van der Waals surface area contributed by atoms with E-state index in [-0.39, 0.29) is 11.7 Å². The monoisotopic (exact) mass is 314 g/mol. The summed E-state index contributed by atoms with van der Waals surface area (Å²) >= 11 is 4.59. The second kappa shape index (κ2) is 4.93. The van der Waals surface area contributed by atoms with Crippen LogP contribution in [0.2, 0.25) is 0 Å². The lowest BCUT2D eigenvalue weighted by molar-refractivity contribution is 0.102. The predicted octanol–water partition coefficient (Wildman–Crippen LogP) is 3.61. The molecular weight excluding hydrogens is 307 g/mol. The average Bonchev–Trinajstić information content (AvgIpc) is 2.69. The van der Waals surface area contributed by atoms with Gasteiger partial charge in [0.05, 0.1) is 10.7 Å². The molecule has 0 atom stereocenters. The zero-order valence-corrected chi connectivity index (χ0v) is 11.2. The Morgan fingerprint density at radius 2 is 2.29 bits per heavy atom. The fourth-order valence-corrected chi connectivity index (χ4v) is 2.29. The molecule has 88 valence electrons. The van der Waals surface area contributed by atoms with Crippen molar-refractivity contribution in [3.63, 3.8) is 0 Å². The molecular formula is C11H8BrFN2OS. The third kappa shape index (κ3) is 2.89. The Labute approximate surface area is 110 Å². The molecule has 1 aromatic heterocycles. The Morgan fingerprint density at radius 1 is 1.53 bits per heavy atom. The van der Waals surface area contributed by atoms with Crippen LogP contribution in [-0.4, -0.2) is 10.9 Å². The van der Waals surface area contributed by atoms with E-state index in [1.807, 2.05) is 6.92 Å². The minimum atomic E-state index is -0.362. The van der Waals surface area contributed by atoms with Gasteiger partial charge in [-0.15, -0.1) is 11.3 Å². The van der Waals surface area contributed by atoms with E-state index in [2.05, 4.69) is 26.2 Å². The third-order valence-corrected chi connectivity index (χ3v) is 3.46. The van der Waals surface area contributed by atoms with Gasteiger partial charge in [0.1, 0.15) is 11.5 Å². The molecule has 0 unspecified atom stereocenters. The maximum absolute atomic E-state index is 12.9. The number of hydrogen-bond donors (Lipinski definition) is 1. The van der Waals surface area contributed by atoms with Crippen LogP contribution in [0.4, 0.5) is 10.1 Å². The number of aryl methyl sites for hydroxylation is 1. The van der Waals surface area contributed by atoms with E-state index in [0.717, 1.165) is 5.01 Å². The maximum Gasteiger partial charge on any atom is 0.275 e. The van der Waals surface area contributed by atoms with Crippen molar-refractivity contribution in [1.29, 1.82) is 0 Å². The smallest absolute Gasteiger partial charge is 0.275 e. The second-order valence-electron chi connectivity index (χ2n) is 3.33. The summed E-state index contributed by atoms with van der Waals surface area (Å²) in [7, 11) is 0.